The number of nitrogens with zero attached hydrogens (tertiary/aromatic N) is 1. The van der Waals surface area contributed by atoms with Gasteiger partial charge in [-0.25, -0.2) is 4.90 Å². The van der Waals surface area contributed by atoms with Gasteiger partial charge in [-0.15, -0.1) is 0 Å². The normalized spacial score (nSPS) is 14.8. The first-order valence-corrected chi connectivity index (χ1v) is 11.5. The van der Waals surface area contributed by atoms with Crippen LogP contribution in [0.25, 0.3) is 6.08 Å². The molecule has 1 saturated heterocycles. The van der Waals surface area contributed by atoms with E-state index >= 15 is 0 Å². The van der Waals surface area contributed by atoms with Crippen molar-refractivity contribution in [1.82, 2.24) is 0 Å². The van der Waals surface area contributed by atoms with Crippen LogP contribution in [0, 0.1) is 13.8 Å². The molecule has 1 aliphatic heterocycles. The summed E-state index contributed by atoms with van der Waals surface area (Å²) < 4.78 is 11.4. The van der Waals surface area contributed by atoms with E-state index in [9.17, 15) is 9.59 Å². The van der Waals surface area contributed by atoms with Gasteiger partial charge in [0.2, 0.25) is 0 Å². The highest BCUT2D eigenvalue weighted by molar-refractivity contribution is 8.19. The molecule has 3 aromatic carbocycles. The van der Waals surface area contributed by atoms with Crippen molar-refractivity contribution < 1.29 is 19.1 Å². The van der Waals surface area contributed by atoms with E-state index < -0.39 is 0 Å². The fourth-order valence-electron chi connectivity index (χ4n) is 3.44. The van der Waals surface area contributed by atoms with Crippen molar-refractivity contribution in [2.45, 2.75) is 20.5 Å². The number of imide groups is 1. The molecule has 5 nitrogen and oxygen atoms in total. The number of carbonyl (C=O) groups excluding carboxylic acids is 2. The fraction of sp³-hybridized carbons (Fsp3) is 0.154. The Balaban J connectivity index is 1.55. The summed E-state index contributed by atoms with van der Waals surface area (Å²) in [6.45, 7) is 4.23. The monoisotopic (exact) mass is 479 g/mol. The molecule has 0 atom stereocenters. The van der Waals surface area contributed by atoms with Crippen molar-refractivity contribution in [2.75, 3.05) is 12.0 Å². The quantitative estimate of drug-likeness (QED) is 0.364. The number of anilines is 1. The van der Waals surface area contributed by atoms with Gasteiger partial charge >= 0.3 is 0 Å². The number of hydrogen-bond acceptors (Lipinski definition) is 5. The highest BCUT2D eigenvalue weighted by atomic mass is 35.5. The van der Waals surface area contributed by atoms with Crippen LogP contribution in [0.15, 0.2) is 65.6 Å². The van der Waals surface area contributed by atoms with Crippen molar-refractivity contribution in [2.24, 2.45) is 0 Å². The second-order valence-corrected chi connectivity index (χ2v) is 8.99. The molecule has 33 heavy (non-hydrogen) atoms. The Kier molecular flexibility index (Phi) is 6.77. The third kappa shape index (κ3) is 4.92. The van der Waals surface area contributed by atoms with E-state index in [1.807, 2.05) is 56.3 Å². The number of benzene rings is 3. The molecule has 1 heterocycles. The summed E-state index contributed by atoms with van der Waals surface area (Å²) in [5.74, 6) is 0.778. The Labute approximate surface area is 202 Å². The first kappa shape index (κ1) is 23.0. The molecule has 0 aromatic heterocycles. The van der Waals surface area contributed by atoms with Crippen LogP contribution in [-0.4, -0.2) is 18.3 Å². The van der Waals surface area contributed by atoms with Crippen molar-refractivity contribution >= 4 is 46.3 Å². The minimum absolute atomic E-state index is 0.310. The lowest BCUT2D eigenvalue weighted by Gasteiger charge is -2.16. The maximum Gasteiger partial charge on any atom is 0.298 e. The number of rotatable bonds is 6. The number of thioether (sulfide) groups is 1. The van der Waals surface area contributed by atoms with Gasteiger partial charge in [-0.2, -0.15) is 0 Å². The largest absolute Gasteiger partial charge is 0.493 e. The van der Waals surface area contributed by atoms with Crippen LogP contribution in [0.3, 0.4) is 0 Å². The predicted octanol–water partition coefficient (Wildman–Crippen LogP) is 6.79. The molecule has 4 rings (SSSR count). The van der Waals surface area contributed by atoms with Crippen molar-refractivity contribution in [3.05, 3.63) is 92.8 Å². The molecule has 0 N–H and O–H groups in total. The van der Waals surface area contributed by atoms with Crippen LogP contribution < -0.4 is 14.4 Å². The molecular formula is C26H22ClNO4S. The number of hydrogen-bond donors (Lipinski definition) is 0. The zero-order valence-electron chi connectivity index (χ0n) is 18.4. The third-order valence-corrected chi connectivity index (χ3v) is 6.53. The lowest BCUT2D eigenvalue weighted by atomic mass is 10.1. The maximum absolute atomic E-state index is 13.0. The average Bonchev–Trinajstić information content (AvgIpc) is 3.08. The molecule has 1 fully saturated rings. The zero-order chi connectivity index (χ0) is 23.5. The number of methoxy groups -OCH3 is 1. The molecular weight excluding hydrogens is 458 g/mol. The molecule has 0 unspecified atom stereocenters. The standard InChI is InChI=1S/C26H22ClNO4S/c1-16-5-4-6-21(17(16)2)28-25(29)24(33-26(28)30)14-19-9-12-22(23(13-19)31-3)32-15-18-7-10-20(27)11-8-18/h4-14H,15H2,1-3H3/b24-14-. The van der Waals surface area contributed by atoms with E-state index in [-0.39, 0.29) is 11.1 Å². The van der Waals surface area contributed by atoms with Crippen LogP contribution in [0.2, 0.25) is 5.02 Å². The Morgan fingerprint density at radius 1 is 1.00 bits per heavy atom. The summed E-state index contributed by atoms with van der Waals surface area (Å²) in [5, 5.41) is 0.359. The van der Waals surface area contributed by atoms with E-state index in [1.165, 1.54) is 4.90 Å². The van der Waals surface area contributed by atoms with Gasteiger partial charge in [-0.3, -0.25) is 9.59 Å². The van der Waals surface area contributed by atoms with Crippen molar-refractivity contribution in [3.8, 4) is 11.5 Å². The molecule has 168 valence electrons. The van der Waals surface area contributed by atoms with Crippen molar-refractivity contribution in [1.29, 1.82) is 0 Å². The van der Waals surface area contributed by atoms with E-state index in [0.717, 1.165) is 34.0 Å². The number of ether oxygens (including phenoxy) is 2. The highest BCUT2D eigenvalue weighted by Gasteiger charge is 2.37. The molecule has 0 radical (unpaired) electrons. The summed E-state index contributed by atoms with van der Waals surface area (Å²) in [6, 6.07) is 18.4. The summed E-state index contributed by atoms with van der Waals surface area (Å²) in [5.41, 5.74) is 4.26. The molecule has 2 amide bonds. The van der Waals surface area contributed by atoms with Gasteiger partial charge < -0.3 is 9.47 Å². The van der Waals surface area contributed by atoms with Crippen LogP contribution in [0.5, 0.6) is 11.5 Å². The molecule has 1 aliphatic rings. The minimum Gasteiger partial charge on any atom is -0.493 e. The van der Waals surface area contributed by atoms with Crippen LogP contribution >= 0.6 is 23.4 Å². The SMILES string of the molecule is COc1cc(/C=C2\SC(=O)N(c3cccc(C)c3C)C2=O)ccc1OCc1ccc(Cl)cc1. The van der Waals surface area contributed by atoms with Gasteiger partial charge in [0.15, 0.2) is 11.5 Å². The number of amides is 2. The number of halogens is 1. The van der Waals surface area contributed by atoms with E-state index in [1.54, 1.807) is 31.4 Å². The summed E-state index contributed by atoms with van der Waals surface area (Å²) in [7, 11) is 1.56. The second-order valence-electron chi connectivity index (χ2n) is 7.56. The van der Waals surface area contributed by atoms with Crippen molar-refractivity contribution in [3.63, 3.8) is 0 Å². The van der Waals surface area contributed by atoms with Gasteiger partial charge in [-0.1, -0.05) is 41.9 Å². The summed E-state index contributed by atoms with van der Waals surface area (Å²) in [6.07, 6.45) is 1.70. The molecule has 0 aliphatic carbocycles. The van der Waals surface area contributed by atoms with Crippen LogP contribution in [0.4, 0.5) is 10.5 Å². The van der Waals surface area contributed by atoms with Gasteiger partial charge in [0, 0.05) is 5.02 Å². The smallest absolute Gasteiger partial charge is 0.298 e. The van der Waals surface area contributed by atoms with Gasteiger partial charge in [-0.05, 0) is 84.3 Å². The van der Waals surface area contributed by atoms with Gasteiger partial charge in [0.25, 0.3) is 11.1 Å². The molecule has 7 heteroatoms. The minimum atomic E-state index is -0.333. The molecule has 0 spiro atoms. The average molecular weight is 480 g/mol. The van der Waals surface area contributed by atoms with E-state index in [2.05, 4.69) is 0 Å². The lowest BCUT2D eigenvalue weighted by Crippen LogP contribution is -2.28. The molecule has 3 aromatic rings. The Morgan fingerprint density at radius 3 is 2.48 bits per heavy atom. The Morgan fingerprint density at radius 2 is 1.76 bits per heavy atom. The number of carbonyl (C=O) groups is 2. The lowest BCUT2D eigenvalue weighted by molar-refractivity contribution is -0.113. The fourth-order valence-corrected chi connectivity index (χ4v) is 4.40. The Hall–Kier alpha value is -3.22. The van der Waals surface area contributed by atoms with Gasteiger partial charge in [0.1, 0.15) is 6.61 Å². The first-order valence-electron chi connectivity index (χ1n) is 10.3. The Bertz CT molecular complexity index is 1250. The number of aryl methyl sites for hydroxylation is 1. The van der Waals surface area contributed by atoms with Gasteiger partial charge in [0.05, 0.1) is 17.7 Å². The molecule has 0 saturated carbocycles. The predicted molar refractivity (Wildman–Crippen MR) is 133 cm³/mol. The van der Waals surface area contributed by atoms with E-state index in [4.69, 9.17) is 21.1 Å². The summed E-state index contributed by atoms with van der Waals surface area (Å²) >= 11 is 6.85. The molecule has 0 bridgehead atoms. The van der Waals surface area contributed by atoms with E-state index in [0.29, 0.717) is 33.7 Å². The topological polar surface area (TPSA) is 55.8 Å². The van der Waals surface area contributed by atoms with Crippen LogP contribution in [0.1, 0.15) is 22.3 Å². The summed E-state index contributed by atoms with van der Waals surface area (Å²) in [4.78, 5) is 27.3. The third-order valence-electron chi connectivity index (χ3n) is 5.40. The van der Waals surface area contributed by atoms with Crippen LogP contribution in [-0.2, 0) is 11.4 Å². The highest BCUT2D eigenvalue weighted by Crippen LogP contribution is 2.38. The first-order chi connectivity index (χ1) is 15.9. The second kappa shape index (κ2) is 9.73. The zero-order valence-corrected chi connectivity index (χ0v) is 20.0. The maximum atomic E-state index is 13.0.